The Hall–Kier alpha value is 0.310. The van der Waals surface area contributed by atoms with Crippen LogP contribution < -0.4 is 5.32 Å². The topological polar surface area (TPSA) is 12.0 Å². The van der Waals surface area contributed by atoms with E-state index >= 15 is 0 Å². The van der Waals surface area contributed by atoms with Crippen molar-refractivity contribution < 1.29 is 0 Å². The Morgan fingerprint density at radius 3 is 2.82 bits per heavy atom. The molecule has 1 heterocycles. The molecule has 2 rings (SSSR count). The molecule has 2 fully saturated rings. The van der Waals surface area contributed by atoms with Crippen molar-refractivity contribution in [1.82, 2.24) is 5.32 Å². The maximum absolute atomic E-state index is 3.57. The van der Waals surface area contributed by atoms with Crippen LogP contribution in [0.15, 0.2) is 0 Å². The van der Waals surface area contributed by atoms with Crippen molar-refractivity contribution >= 4 is 11.8 Å². The summed E-state index contributed by atoms with van der Waals surface area (Å²) in [6.45, 7) is 3.36. The van der Waals surface area contributed by atoms with Gasteiger partial charge >= 0.3 is 0 Å². The minimum Gasteiger partial charge on any atom is -0.314 e. The van der Waals surface area contributed by atoms with Crippen molar-refractivity contribution in [2.24, 2.45) is 5.41 Å². The fraction of sp³-hybridized carbons (Fsp3) is 1.00. The van der Waals surface area contributed by atoms with E-state index in [0.29, 0.717) is 0 Å². The Labute approximate surface area is 73.3 Å². The van der Waals surface area contributed by atoms with Crippen molar-refractivity contribution in [3.8, 4) is 0 Å². The highest BCUT2D eigenvalue weighted by atomic mass is 32.2. The summed E-state index contributed by atoms with van der Waals surface area (Å²) in [6, 6.07) is 0.883. The molecule has 0 radical (unpaired) electrons. The zero-order chi connectivity index (χ0) is 7.73. The third-order valence-corrected chi connectivity index (χ3v) is 4.11. The van der Waals surface area contributed by atoms with E-state index in [1.807, 2.05) is 0 Å². The van der Waals surface area contributed by atoms with Gasteiger partial charge in [0.2, 0.25) is 0 Å². The van der Waals surface area contributed by atoms with Gasteiger partial charge in [-0.1, -0.05) is 6.92 Å². The van der Waals surface area contributed by atoms with Gasteiger partial charge in [-0.25, -0.2) is 0 Å². The molecule has 1 nitrogen and oxygen atoms in total. The van der Waals surface area contributed by atoms with Crippen LogP contribution in [0.1, 0.15) is 26.2 Å². The molecule has 1 saturated carbocycles. The van der Waals surface area contributed by atoms with Gasteiger partial charge in [-0.15, -0.1) is 0 Å². The summed E-state index contributed by atoms with van der Waals surface area (Å²) in [6.07, 6.45) is 4.39. The second kappa shape index (κ2) is 2.98. The summed E-state index contributed by atoms with van der Waals surface area (Å²) in [5.74, 6) is 2.81. The van der Waals surface area contributed by atoms with Gasteiger partial charge in [-0.2, -0.15) is 11.8 Å². The normalized spacial score (nSPS) is 34.1. The van der Waals surface area contributed by atoms with Crippen LogP contribution in [-0.4, -0.2) is 24.1 Å². The first kappa shape index (κ1) is 7.93. The molecular weight excluding hydrogens is 154 g/mol. The first-order valence-corrected chi connectivity index (χ1v) is 5.84. The molecule has 1 aliphatic carbocycles. The molecule has 1 saturated heterocycles. The highest BCUT2D eigenvalue weighted by Crippen LogP contribution is 2.55. The van der Waals surface area contributed by atoms with Crippen LogP contribution in [0.4, 0.5) is 0 Å². The fourth-order valence-electron chi connectivity index (χ4n) is 2.21. The average molecular weight is 171 g/mol. The highest BCUT2D eigenvalue weighted by Gasteiger charge is 2.53. The quantitative estimate of drug-likeness (QED) is 0.681. The van der Waals surface area contributed by atoms with Gasteiger partial charge < -0.3 is 5.32 Å². The zero-order valence-corrected chi connectivity index (χ0v) is 8.04. The second-order valence-electron chi connectivity index (χ2n) is 3.79. The molecule has 0 aromatic carbocycles. The summed E-state index contributed by atoms with van der Waals surface area (Å²) >= 11 is 2.13. The van der Waals surface area contributed by atoms with Gasteiger partial charge in [0.25, 0.3) is 0 Å². The van der Waals surface area contributed by atoms with Gasteiger partial charge in [-0.3, -0.25) is 0 Å². The molecule has 1 unspecified atom stereocenters. The Balaban J connectivity index is 1.84. The standard InChI is InChI=1S/C9H17NS/c1-2-10-8-7-9(8)3-5-11-6-4-9/h8,10H,2-7H2,1H3. The molecule has 2 heteroatoms. The first-order valence-electron chi connectivity index (χ1n) is 4.68. The van der Waals surface area contributed by atoms with E-state index in [1.165, 1.54) is 30.8 Å². The van der Waals surface area contributed by atoms with Gasteiger partial charge in [0.05, 0.1) is 0 Å². The third kappa shape index (κ3) is 1.43. The minimum atomic E-state index is 0.765. The SMILES string of the molecule is CCNC1CC12CCSCC2. The predicted octanol–water partition coefficient (Wildman–Crippen LogP) is 1.88. The largest absolute Gasteiger partial charge is 0.314 e. The predicted molar refractivity (Wildman–Crippen MR) is 51.1 cm³/mol. The molecule has 1 aliphatic heterocycles. The number of rotatable bonds is 2. The third-order valence-electron chi connectivity index (χ3n) is 3.13. The van der Waals surface area contributed by atoms with Crippen LogP contribution >= 0.6 is 11.8 Å². The van der Waals surface area contributed by atoms with E-state index in [4.69, 9.17) is 0 Å². The van der Waals surface area contributed by atoms with Gasteiger partial charge in [0.15, 0.2) is 0 Å². The van der Waals surface area contributed by atoms with Crippen LogP contribution in [0.2, 0.25) is 0 Å². The molecule has 0 aromatic rings. The van der Waals surface area contributed by atoms with Crippen molar-refractivity contribution in [2.45, 2.75) is 32.2 Å². The van der Waals surface area contributed by atoms with E-state index in [0.717, 1.165) is 18.0 Å². The lowest BCUT2D eigenvalue weighted by Gasteiger charge is -2.22. The molecule has 64 valence electrons. The van der Waals surface area contributed by atoms with Crippen LogP contribution in [0.3, 0.4) is 0 Å². The molecule has 2 aliphatic rings. The zero-order valence-electron chi connectivity index (χ0n) is 7.23. The van der Waals surface area contributed by atoms with Crippen LogP contribution in [0.5, 0.6) is 0 Å². The first-order chi connectivity index (χ1) is 5.37. The molecule has 11 heavy (non-hydrogen) atoms. The average Bonchev–Trinajstić information content (AvgIpc) is 2.66. The van der Waals surface area contributed by atoms with E-state index in [2.05, 4.69) is 24.0 Å². The Kier molecular flexibility index (Phi) is 2.15. The molecule has 0 bridgehead atoms. The second-order valence-corrected chi connectivity index (χ2v) is 5.01. The number of nitrogens with one attached hydrogen (secondary N) is 1. The van der Waals surface area contributed by atoms with Crippen LogP contribution in [0, 0.1) is 5.41 Å². The van der Waals surface area contributed by atoms with Crippen LogP contribution in [-0.2, 0) is 0 Å². The van der Waals surface area contributed by atoms with E-state index in [9.17, 15) is 0 Å². The molecule has 1 spiro atoms. The van der Waals surface area contributed by atoms with Crippen molar-refractivity contribution in [3.05, 3.63) is 0 Å². The number of hydrogen-bond donors (Lipinski definition) is 1. The lowest BCUT2D eigenvalue weighted by molar-refractivity contribution is 0.426. The fourth-order valence-corrected chi connectivity index (χ4v) is 3.52. The molecule has 0 amide bonds. The van der Waals surface area contributed by atoms with Gasteiger partial charge in [0, 0.05) is 6.04 Å². The number of thioether (sulfide) groups is 1. The summed E-state index contributed by atoms with van der Waals surface area (Å²) in [4.78, 5) is 0. The lowest BCUT2D eigenvalue weighted by atomic mass is 9.99. The summed E-state index contributed by atoms with van der Waals surface area (Å²) in [5.41, 5.74) is 0.765. The van der Waals surface area contributed by atoms with E-state index in [1.54, 1.807) is 0 Å². The summed E-state index contributed by atoms with van der Waals surface area (Å²) < 4.78 is 0. The maximum Gasteiger partial charge on any atom is 0.0130 e. The Morgan fingerprint density at radius 2 is 2.18 bits per heavy atom. The maximum atomic E-state index is 3.57. The molecule has 1 atom stereocenters. The van der Waals surface area contributed by atoms with Crippen molar-refractivity contribution in [3.63, 3.8) is 0 Å². The molecule has 0 aromatic heterocycles. The van der Waals surface area contributed by atoms with E-state index < -0.39 is 0 Å². The Bertz CT molecular complexity index is 140. The van der Waals surface area contributed by atoms with Gasteiger partial charge in [0.1, 0.15) is 0 Å². The molecular formula is C9H17NS. The number of hydrogen-bond acceptors (Lipinski definition) is 2. The summed E-state index contributed by atoms with van der Waals surface area (Å²) in [5, 5.41) is 3.57. The van der Waals surface area contributed by atoms with E-state index in [-0.39, 0.29) is 0 Å². The summed E-state index contributed by atoms with van der Waals surface area (Å²) in [7, 11) is 0. The monoisotopic (exact) mass is 171 g/mol. The Morgan fingerprint density at radius 1 is 1.45 bits per heavy atom. The lowest BCUT2D eigenvalue weighted by Crippen LogP contribution is -2.25. The van der Waals surface area contributed by atoms with Gasteiger partial charge in [-0.05, 0) is 42.7 Å². The highest BCUT2D eigenvalue weighted by molar-refractivity contribution is 7.99. The van der Waals surface area contributed by atoms with Crippen molar-refractivity contribution in [1.29, 1.82) is 0 Å². The minimum absolute atomic E-state index is 0.765. The molecule has 1 N–H and O–H groups in total. The van der Waals surface area contributed by atoms with Crippen LogP contribution in [0.25, 0.3) is 0 Å². The smallest absolute Gasteiger partial charge is 0.0130 e. The van der Waals surface area contributed by atoms with Crippen molar-refractivity contribution in [2.75, 3.05) is 18.1 Å².